The molecule has 6 nitrogen and oxygen atoms in total. The van der Waals surface area contributed by atoms with Crippen LogP contribution >= 0.6 is 11.6 Å². The number of carboxylic acids is 1. The molecule has 3 aromatic rings. The van der Waals surface area contributed by atoms with Crippen LogP contribution in [0.4, 0.5) is 0 Å². The summed E-state index contributed by atoms with van der Waals surface area (Å²) in [4.78, 5) is 26.7. The van der Waals surface area contributed by atoms with Crippen molar-refractivity contribution in [3.8, 4) is 5.75 Å². The molecule has 2 aromatic carbocycles. The Morgan fingerprint density at radius 1 is 1.20 bits per heavy atom. The molecule has 0 unspecified atom stereocenters. The summed E-state index contributed by atoms with van der Waals surface area (Å²) < 4.78 is 10.2. The molecule has 0 radical (unpaired) electrons. The van der Waals surface area contributed by atoms with Gasteiger partial charge in [0.25, 0.3) is 0 Å². The number of halogens is 1. The fourth-order valence-electron chi connectivity index (χ4n) is 2.13. The summed E-state index contributed by atoms with van der Waals surface area (Å²) in [6.07, 6.45) is 1.59. The molecule has 0 saturated heterocycles. The van der Waals surface area contributed by atoms with Gasteiger partial charge in [-0.15, -0.1) is 0 Å². The van der Waals surface area contributed by atoms with Gasteiger partial charge in [0.2, 0.25) is 5.89 Å². The number of carbonyl (C=O) groups is 1. The van der Waals surface area contributed by atoms with Crippen molar-refractivity contribution in [2.75, 3.05) is 6.61 Å². The van der Waals surface area contributed by atoms with Crippen LogP contribution in [-0.4, -0.2) is 22.7 Å². The van der Waals surface area contributed by atoms with Crippen molar-refractivity contribution in [2.45, 2.75) is 0 Å². The molecule has 0 atom stereocenters. The molecule has 126 valence electrons. The van der Waals surface area contributed by atoms with Gasteiger partial charge in [0.05, 0.1) is 10.9 Å². The first kappa shape index (κ1) is 16.7. The first-order valence-electron chi connectivity index (χ1n) is 7.25. The van der Waals surface area contributed by atoms with E-state index in [9.17, 15) is 9.59 Å². The van der Waals surface area contributed by atoms with Gasteiger partial charge in [-0.25, -0.2) is 14.6 Å². The van der Waals surface area contributed by atoms with Crippen LogP contribution < -0.4 is 10.4 Å². The molecule has 0 aliphatic heterocycles. The number of aliphatic carboxylic acids is 1. The van der Waals surface area contributed by atoms with Gasteiger partial charge in [-0.05, 0) is 35.9 Å². The lowest BCUT2D eigenvalue weighted by Crippen LogP contribution is -2.09. The zero-order valence-electron chi connectivity index (χ0n) is 12.8. The first-order chi connectivity index (χ1) is 12.0. The largest absolute Gasteiger partial charge is 0.482 e. The van der Waals surface area contributed by atoms with Crippen LogP contribution in [-0.2, 0) is 4.79 Å². The third-order valence-corrected chi connectivity index (χ3v) is 3.55. The lowest BCUT2D eigenvalue weighted by atomic mass is 10.2. The number of ether oxygens (including phenoxy) is 1. The lowest BCUT2D eigenvalue weighted by Gasteiger charge is -2.03. The van der Waals surface area contributed by atoms with Crippen LogP contribution in [0, 0.1) is 0 Å². The molecule has 25 heavy (non-hydrogen) atoms. The third kappa shape index (κ3) is 4.05. The molecule has 0 amide bonds. The van der Waals surface area contributed by atoms with E-state index in [1.165, 1.54) is 0 Å². The van der Waals surface area contributed by atoms with E-state index in [0.29, 0.717) is 22.2 Å². The fourth-order valence-corrected chi connectivity index (χ4v) is 2.34. The number of aromatic nitrogens is 1. The van der Waals surface area contributed by atoms with Gasteiger partial charge in [-0.2, -0.15) is 0 Å². The summed E-state index contributed by atoms with van der Waals surface area (Å²) in [5.41, 5.74) is 0.701. The summed E-state index contributed by atoms with van der Waals surface area (Å²) in [6.45, 7) is -0.415. The molecule has 0 aliphatic carbocycles. The molecule has 0 aliphatic rings. The molecule has 3 rings (SSSR count). The SMILES string of the molecule is O=C(O)COc1ccc(/C=C(\Cl)c2nc3ccccc3c(=O)o2)cc1. The number of benzene rings is 2. The monoisotopic (exact) mass is 357 g/mol. The van der Waals surface area contributed by atoms with E-state index in [-0.39, 0.29) is 10.9 Å². The molecule has 0 fully saturated rings. The van der Waals surface area contributed by atoms with Crippen LogP contribution in [0.3, 0.4) is 0 Å². The number of rotatable bonds is 5. The van der Waals surface area contributed by atoms with Gasteiger partial charge < -0.3 is 14.3 Å². The Morgan fingerprint density at radius 2 is 1.92 bits per heavy atom. The standard InChI is InChI=1S/C18H12ClNO5/c19-14(9-11-5-7-12(8-6-11)24-10-16(21)22)17-20-15-4-2-1-3-13(15)18(23)25-17/h1-9H,10H2,(H,21,22)/b14-9-. The summed E-state index contributed by atoms with van der Waals surface area (Å²) in [6, 6.07) is 13.4. The fraction of sp³-hybridized carbons (Fsp3) is 0.0556. The number of hydrogen-bond acceptors (Lipinski definition) is 5. The second kappa shape index (κ2) is 7.19. The number of hydrogen-bond donors (Lipinski definition) is 1. The summed E-state index contributed by atoms with van der Waals surface area (Å²) in [7, 11) is 0. The zero-order valence-corrected chi connectivity index (χ0v) is 13.6. The normalized spacial score (nSPS) is 11.5. The van der Waals surface area contributed by atoms with Crippen molar-refractivity contribution in [1.82, 2.24) is 4.98 Å². The minimum absolute atomic E-state index is 0.0246. The summed E-state index contributed by atoms with van der Waals surface area (Å²) >= 11 is 6.21. The molecular formula is C18H12ClNO5. The maximum absolute atomic E-state index is 12.0. The van der Waals surface area contributed by atoms with Crippen LogP contribution in [0.1, 0.15) is 11.5 Å². The minimum atomic E-state index is -1.05. The average Bonchev–Trinajstić information content (AvgIpc) is 2.61. The zero-order chi connectivity index (χ0) is 17.8. The Labute approximate surface area is 146 Å². The van der Waals surface area contributed by atoms with Gasteiger partial charge in [-0.3, -0.25) is 0 Å². The highest BCUT2D eigenvalue weighted by atomic mass is 35.5. The van der Waals surface area contributed by atoms with Crippen LogP contribution in [0.25, 0.3) is 22.0 Å². The van der Waals surface area contributed by atoms with Gasteiger partial charge in [-0.1, -0.05) is 35.9 Å². The minimum Gasteiger partial charge on any atom is -0.482 e. The predicted molar refractivity (Wildman–Crippen MR) is 93.6 cm³/mol. The van der Waals surface area contributed by atoms with Gasteiger partial charge in [0, 0.05) is 0 Å². The van der Waals surface area contributed by atoms with E-state index in [1.54, 1.807) is 54.6 Å². The molecule has 7 heteroatoms. The second-order valence-corrected chi connectivity index (χ2v) is 5.47. The highest BCUT2D eigenvalue weighted by molar-refractivity contribution is 6.50. The number of fused-ring (bicyclic) bond motifs is 1. The number of nitrogens with zero attached hydrogens (tertiary/aromatic N) is 1. The third-order valence-electron chi connectivity index (χ3n) is 3.28. The van der Waals surface area contributed by atoms with Gasteiger partial charge >= 0.3 is 11.6 Å². The molecular weight excluding hydrogens is 346 g/mol. The van der Waals surface area contributed by atoms with Crippen LogP contribution in [0.5, 0.6) is 5.75 Å². The Morgan fingerprint density at radius 3 is 2.64 bits per heavy atom. The summed E-state index contributed by atoms with van der Waals surface area (Å²) in [5.74, 6) is -0.605. The van der Waals surface area contributed by atoms with Crippen LogP contribution in [0.15, 0.2) is 57.7 Å². The smallest absolute Gasteiger partial charge is 0.347 e. The molecule has 0 bridgehead atoms. The van der Waals surface area contributed by atoms with Crippen molar-refractivity contribution in [3.05, 3.63) is 70.4 Å². The van der Waals surface area contributed by atoms with Crippen molar-refractivity contribution < 1.29 is 19.1 Å². The van der Waals surface area contributed by atoms with E-state index < -0.39 is 18.2 Å². The summed E-state index contributed by atoms with van der Waals surface area (Å²) in [5, 5.41) is 9.13. The molecule has 1 aromatic heterocycles. The first-order valence-corrected chi connectivity index (χ1v) is 7.63. The van der Waals surface area contributed by atoms with Gasteiger partial charge in [0.15, 0.2) is 6.61 Å². The molecule has 0 saturated carbocycles. The van der Waals surface area contributed by atoms with Gasteiger partial charge in [0.1, 0.15) is 10.8 Å². The van der Waals surface area contributed by atoms with E-state index in [4.69, 9.17) is 25.9 Å². The van der Waals surface area contributed by atoms with E-state index in [0.717, 1.165) is 0 Å². The van der Waals surface area contributed by atoms with E-state index >= 15 is 0 Å². The predicted octanol–water partition coefficient (Wildman–Crippen LogP) is 3.39. The maximum atomic E-state index is 12.0. The van der Waals surface area contributed by atoms with Crippen molar-refractivity contribution in [3.63, 3.8) is 0 Å². The second-order valence-electron chi connectivity index (χ2n) is 5.07. The lowest BCUT2D eigenvalue weighted by molar-refractivity contribution is -0.139. The molecule has 0 spiro atoms. The van der Waals surface area contributed by atoms with Crippen LogP contribution in [0.2, 0.25) is 0 Å². The highest BCUT2D eigenvalue weighted by Gasteiger charge is 2.09. The van der Waals surface area contributed by atoms with Crippen molar-refractivity contribution in [2.24, 2.45) is 0 Å². The van der Waals surface area contributed by atoms with Crippen molar-refractivity contribution in [1.29, 1.82) is 0 Å². The number of carboxylic acid groups (broad SMARTS) is 1. The quantitative estimate of drug-likeness (QED) is 0.752. The van der Waals surface area contributed by atoms with E-state index in [2.05, 4.69) is 4.98 Å². The Balaban J connectivity index is 1.86. The molecule has 1 heterocycles. The molecule has 1 N–H and O–H groups in total. The number of para-hydroxylation sites is 1. The maximum Gasteiger partial charge on any atom is 0.347 e. The topological polar surface area (TPSA) is 89.6 Å². The van der Waals surface area contributed by atoms with Crippen molar-refractivity contribution >= 4 is 39.6 Å². The Hall–Kier alpha value is -3.12. The Bertz CT molecular complexity index is 1010. The average molecular weight is 358 g/mol. The highest BCUT2D eigenvalue weighted by Crippen LogP contribution is 2.22. The Kier molecular flexibility index (Phi) is 4.81. The van der Waals surface area contributed by atoms with E-state index in [1.807, 2.05) is 0 Å².